The van der Waals surface area contributed by atoms with Crippen LogP contribution in [0.1, 0.15) is 11.1 Å². The lowest BCUT2D eigenvalue weighted by Crippen LogP contribution is -2.16. The fraction of sp³-hybridized carbons (Fsp3) is 0.231. The molecule has 1 aromatic heterocycles. The van der Waals surface area contributed by atoms with Crippen molar-refractivity contribution in [3.05, 3.63) is 54.0 Å². The molecule has 0 saturated heterocycles. The predicted octanol–water partition coefficient (Wildman–Crippen LogP) is 2.74. The number of hydrogen-bond donors (Lipinski definition) is 2. The molecule has 0 saturated carbocycles. The summed E-state index contributed by atoms with van der Waals surface area (Å²) in [7, 11) is 0. The van der Waals surface area contributed by atoms with Crippen molar-refractivity contribution in [2.45, 2.75) is 13.0 Å². The Kier molecular flexibility index (Phi) is 5.60. The van der Waals surface area contributed by atoms with Crippen molar-refractivity contribution in [3.8, 4) is 5.75 Å². The second-order valence-corrected chi connectivity index (χ2v) is 3.69. The molecule has 0 aliphatic carbocycles. The third-order valence-electron chi connectivity index (χ3n) is 2.47. The SMILES string of the molecule is Cl.Oc1ccccc1CCNCc1ccoc1. The van der Waals surface area contributed by atoms with Gasteiger partial charge in [0.15, 0.2) is 0 Å². The molecule has 92 valence electrons. The third kappa shape index (κ3) is 4.13. The van der Waals surface area contributed by atoms with Gasteiger partial charge in [0.1, 0.15) is 5.75 Å². The average Bonchev–Trinajstić information content (AvgIpc) is 2.79. The van der Waals surface area contributed by atoms with Crippen LogP contribution in [0.15, 0.2) is 47.3 Å². The quantitative estimate of drug-likeness (QED) is 0.806. The van der Waals surface area contributed by atoms with Crippen LogP contribution < -0.4 is 5.32 Å². The number of furan rings is 1. The summed E-state index contributed by atoms with van der Waals surface area (Å²) in [5.41, 5.74) is 2.11. The molecule has 17 heavy (non-hydrogen) atoms. The van der Waals surface area contributed by atoms with E-state index in [1.807, 2.05) is 24.3 Å². The molecule has 0 amide bonds. The van der Waals surface area contributed by atoms with Crippen molar-refractivity contribution in [1.29, 1.82) is 0 Å². The summed E-state index contributed by atoms with van der Waals surface area (Å²) in [5.74, 6) is 0.368. The Morgan fingerprint density at radius 2 is 2.00 bits per heavy atom. The van der Waals surface area contributed by atoms with Crippen molar-refractivity contribution in [1.82, 2.24) is 5.32 Å². The van der Waals surface area contributed by atoms with Crippen molar-refractivity contribution < 1.29 is 9.52 Å². The second-order valence-electron chi connectivity index (χ2n) is 3.69. The molecule has 0 spiro atoms. The van der Waals surface area contributed by atoms with Gasteiger partial charge in [-0.2, -0.15) is 0 Å². The number of para-hydroxylation sites is 1. The van der Waals surface area contributed by atoms with Gasteiger partial charge in [-0.05, 0) is 30.7 Å². The molecule has 0 bridgehead atoms. The van der Waals surface area contributed by atoms with E-state index < -0.39 is 0 Å². The molecule has 2 aromatic rings. The Morgan fingerprint density at radius 1 is 1.18 bits per heavy atom. The first-order valence-electron chi connectivity index (χ1n) is 5.35. The summed E-state index contributed by atoms with van der Waals surface area (Å²) in [6.07, 6.45) is 4.22. The highest BCUT2D eigenvalue weighted by Crippen LogP contribution is 2.15. The Balaban J connectivity index is 0.00000144. The average molecular weight is 254 g/mol. The number of aromatic hydroxyl groups is 1. The number of hydrogen-bond acceptors (Lipinski definition) is 3. The fourth-order valence-corrected chi connectivity index (χ4v) is 1.57. The molecule has 0 aliphatic rings. The van der Waals surface area contributed by atoms with Crippen LogP contribution in [0.5, 0.6) is 5.75 Å². The lowest BCUT2D eigenvalue weighted by molar-refractivity contribution is 0.467. The van der Waals surface area contributed by atoms with Crippen LogP contribution in [0.25, 0.3) is 0 Å². The molecule has 1 heterocycles. The maximum absolute atomic E-state index is 9.55. The number of halogens is 1. The summed E-state index contributed by atoms with van der Waals surface area (Å²) in [6.45, 7) is 1.63. The van der Waals surface area contributed by atoms with Crippen LogP contribution in [0.4, 0.5) is 0 Å². The first-order valence-corrected chi connectivity index (χ1v) is 5.35. The summed E-state index contributed by atoms with van der Waals surface area (Å²) >= 11 is 0. The van der Waals surface area contributed by atoms with Gasteiger partial charge in [0.25, 0.3) is 0 Å². The number of phenolic OH excluding ortho intramolecular Hbond substituents is 1. The van der Waals surface area contributed by atoms with E-state index in [0.29, 0.717) is 5.75 Å². The van der Waals surface area contributed by atoms with Gasteiger partial charge in [0.2, 0.25) is 0 Å². The Hall–Kier alpha value is -1.45. The van der Waals surface area contributed by atoms with Crippen molar-refractivity contribution >= 4 is 12.4 Å². The Morgan fingerprint density at radius 3 is 2.71 bits per heavy atom. The van der Waals surface area contributed by atoms with Crippen molar-refractivity contribution in [2.24, 2.45) is 0 Å². The smallest absolute Gasteiger partial charge is 0.118 e. The van der Waals surface area contributed by atoms with E-state index in [-0.39, 0.29) is 12.4 Å². The van der Waals surface area contributed by atoms with Gasteiger partial charge in [0, 0.05) is 12.1 Å². The van der Waals surface area contributed by atoms with E-state index in [1.54, 1.807) is 18.6 Å². The van der Waals surface area contributed by atoms with Gasteiger partial charge in [-0.25, -0.2) is 0 Å². The Bertz CT molecular complexity index is 429. The molecule has 0 aliphatic heterocycles. The van der Waals surface area contributed by atoms with Crippen LogP contribution in [0.2, 0.25) is 0 Å². The van der Waals surface area contributed by atoms with Crippen LogP contribution in [-0.4, -0.2) is 11.7 Å². The highest BCUT2D eigenvalue weighted by atomic mass is 35.5. The lowest BCUT2D eigenvalue weighted by Gasteiger charge is -2.05. The molecule has 2 N–H and O–H groups in total. The standard InChI is InChI=1S/C13H15NO2.ClH/c15-13-4-2-1-3-12(13)5-7-14-9-11-6-8-16-10-11;/h1-4,6,8,10,14-15H,5,7,9H2;1H. The van der Waals surface area contributed by atoms with Gasteiger partial charge in [-0.15, -0.1) is 12.4 Å². The molecule has 0 atom stereocenters. The van der Waals surface area contributed by atoms with Crippen molar-refractivity contribution in [3.63, 3.8) is 0 Å². The molecule has 0 fully saturated rings. The monoisotopic (exact) mass is 253 g/mol. The van der Waals surface area contributed by atoms with E-state index in [4.69, 9.17) is 4.42 Å². The van der Waals surface area contributed by atoms with Gasteiger partial charge < -0.3 is 14.8 Å². The fourth-order valence-electron chi connectivity index (χ4n) is 1.57. The third-order valence-corrected chi connectivity index (χ3v) is 2.47. The molecule has 4 heteroatoms. The second kappa shape index (κ2) is 6.99. The zero-order valence-electron chi connectivity index (χ0n) is 9.43. The van der Waals surface area contributed by atoms with E-state index in [0.717, 1.165) is 30.6 Å². The van der Waals surface area contributed by atoms with Gasteiger partial charge in [-0.3, -0.25) is 0 Å². The highest BCUT2D eigenvalue weighted by Gasteiger charge is 1.99. The molecular weight excluding hydrogens is 238 g/mol. The minimum Gasteiger partial charge on any atom is -0.508 e. The molecule has 3 nitrogen and oxygen atoms in total. The number of benzene rings is 1. The van der Waals surface area contributed by atoms with Crippen LogP contribution in [0, 0.1) is 0 Å². The van der Waals surface area contributed by atoms with E-state index in [1.165, 1.54) is 0 Å². The number of phenols is 1. The zero-order valence-corrected chi connectivity index (χ0v) is 10.2. The summed E-state index contributed by atoms with van der Waals surface area (Å²) in [4.78, 5) is 0. The van der Waals surface area contributed by atoms with Gasteiger partial charge in [-0.1, -0.05) is 18.2 Å². The molecule has 0 radical (unpaired) electrons. The van der Waals surface area contributed by atoms with Gasteiger partial charge in [0.05, 0.1) is 12.5 Å². The predicted molar refractivity (Wildman–Crippen MR) is 69.5 cm³/mol. The first-order chi connectivity index (χ1) is 7.86. The summed E-state index contributed by atoms with van der Waals surface area (Å²) in [5, 5.41) is 12.8. The van der Waals surface area contributed by atoms with Crippen LogP contribution >= 0.6 is 12.4 Å². The van der Waals surface area contributed by atoms with Crippen LogP contribution in [0.3, 0.4) is 0 Å². The maximum atomic E-state index is 9.55. The largest absolute Gasteiger partial charge is 0.508 e. The number of nitrogens with one attached hydrogen (secondary N) is 1. The molecule has 2 rings (SSSR count). The van der Waals surface area contributed by atoms with E-state index in [2.05, 4.69) is 5.32 Å². The Labute approximate surface area is 107 Å². The summed E-state index contributed by atoms with van der Waals surface area (Å²) in [6, 6.07) is 9.36. The van der Waals surface area contributed by atoms with E-state index >= 15 is 0 Å². The van der Waals surface area contributed by atoms with Gasteiger partial charge >= 0.3 is 0 Å². The first kappa shape index (κ1) is 13.6. The molecular formula is C13H16ClNO2. The molecule has 1 aromatic carbocycles. The van der Waals surface area contributed by atoms with E-state index in [9.17, 15) is 5.11 Å². The molecule has 0 unspecified atom stereocenters. The number of rotatable bonds is 5. The van der Waals surface area contributed by atoms with Crippen LogP contribution in [-0.2, 0) is 13.0 Å². The lowest BCUT2D eigenvalue weighted by atomic mass is 10.1. The zero-order chi connectivity index (χ0) is 11.2. The normalized spacial score (nSPS) is 9.88. The summed E-state index contributed by atoms with van der Waals surface area (Å²) < 4.78 is 4.97. The topological polar surface area (TPSA) is 45.4 Å². The van der Waals surface area contributed by atoms with Crippen molar-refractivity contribution in [2.75, 3.05) is 6.54 Å². The highest BCUT2D eigenvalue weighted by molar-refractivity contribution is 5.85. The maximum Gasteiger partial charge on any atom is 0.118 e. The minimum absolute atomic E-state index is 0. The minimum atomic E-state index is 0.